The van der Waals surface area contributed by atoms with Crippen LogP contribution in [0.2, 0.25) is 0 Å². The van der Waals surface area contributed by atoms with Crippen molar-refractivity contribution >= 4 is 17.5 Å². The van der Waals surface area contributed by atoms with Gasteiger partial charge in [0.1, 0.15) is 11.6 Å². The molecule has 1 N–H and O–H groups in total. The number of hydrogen-bond donors (Lipinski definition) is 1. The molecule has 2 aromatic carbocycles. The number of piperidine rings is 1. The van der Waals surface area contributed by atoms with E-state index in [1.54, 1.807) is 7.11 Å². The number of para-hydroxylation sites is 2. The van der Waals surface area contributed by atoms with Gasteiger partial charge in [0.15, 0.2) is 0 Å². The number of nitrogens with zero attached hydrogens (tertiary/aromatic N) is 3. The molecule has 150 valence electrons. The van der Waals surface area contributed by atoms with Crippen LogP contribution < -0.4 is 15.0 Å². The number of nitrogens with one attached hydrogen (secondary N) is 1. The summed E-state index contributed by atoms with van der Waals surface area (Å²) in [4.78, 5) is 11.8. The lowest BCUT2D eigenvalue weighted by atomic mass is 9.90. The Balaban J connectivity index is 1.43. The smallest absolute Gasteiger partial charge is 0.227 e. The fourth-order valence-corrected chi connectivity index (χ4v) is 3.93. The molecular weight excluding hydrogens is 360 g/mol. The number of benzene rings is 2. The summed E-state index contributed by atoms with van der Waals surface area (Å²) in [6.07, 6.45) is 3.49. The van der Waals surface area contributed by atoms with E-state index in [1.165, 1.54) is 18.4 Å². The van der Waals surface area contributed by atoms with Crippen molar-refractivity contribution < 1.29 is 4.74 Å². The summed E-state index contributed by atoms with van der Waals surface area (Å²) in [7, 11) is 1.68. The lowest BCUT2D eigenvalue weighted by Crippen LogP contribution is -2.35. The van der Waals surface area contributed by atoms with Crippen LogP contribution >= 0.6 is 0 Å². The second-order valence-electron chi connectivity index (χ2n) is 7.64. The molecule has 2 heterocycles. The third kappa shape index (κ3) is 4.86. The Bertz CT molecular complexity index is 937. The predicted octanol–water partition coefficient (Wildman–Crippen LogP) is 5.00. The van der Waals surface area contributed by atoms with Gasteiger partial charge < -0.3 is 15.0 Å². The molecule has 0 unspecified atom stereocenters. The van der Waals surface area contributed by atoms with E-state index in [0.29, 0.717) is 0 Å². The van der Waals surface area contributed by atoms with Gasteiger partial charge in [-0.15, -0.1) is 0 Å². The lowest BCUT2D eigenvalue weighted by molar-refractivity contribution is 0.400. The van der Waals surface area contributed by atoms with Crippen molar-refractivity contribution in [2.24, 2.45) is 5.92 Å². The molecule has 0 aliphatic carbocycles. The highest BCUT2D eigenvalue weighted by molar-refractivity contribution is 5.64. The summed E-state index contributed by atoms with van der Waals surface area (Å²) in [5.41, 5.74) is 3.29. The molecule has 0 bridgehead atoms. The summed E-state index contributed by atoms with van der Waals surface area (Å²) in [6.45, 7) is 4.00. The van der Waals surface area contributed by atoms with E-state index in [2.05, 4.69) is 40.5 Å². The zero-order chi connectivity index (χ0) is 20.1. The Kier molecular flexibility index (Phi) is 5.94. The van der Waals surface area contributed by atoms with Gasteiger partial charge in [-0.2, -0.15) is 4.98 Å². The van der Waals surface area contributed by atoms with Crippen molar-refractivity contribution in [3.05, 3.63) is 71.9 Å². The van der Waals surface area contributed by atoms with Gasteiger partial charge in [-0.05, 0) is 49.8 Å². The minimum absolute atomic E-state index is 0.727. The normalized spacial score (nSPS) is 14.6. The first-order chi connectivity index (χ1) is 14.2. The van der Waals surface area contributed by atoms with Gasteiger partial charge in [0.2, 0.25) is 5.95 Å². The molecule has 1 fully saturated rings. The van der Waals surface area contributed by atoms with Crippen LogP contribution in [-0.4, -0.2) is 30.2 Å². The largest absolute Gasteiger partial charge is 0.495 e. The predicted molar refractivity (Wildman–Crippen MR) is 118 cm³/mol. The molecule has 0 spiro atoms. The molecule has 0 atom stereocenters. The average Bonchev–Trinajstić information content (AvgIpc) is 2.75. The summed E-state index contributed by atoms with van der Waals surface area (Å²) in [5.74, 6) is 3.13. The standard InChI is InChI=1S/C24H28N4O/c1-18-16-23(26-21-10-6-7-11-22(21)29-2)27-24(25-18)28-14-12-20(13-15-28)17-19-8-4-3-5-9-19/h3-11,16,20H,12-15,17H2,1-2H3,(H,25,26,27). The van der Waals surface area contributed by atoms with Gasteiger partial charge in [-0.1, -0.05) is 42.5 Å². The van der Waals surface area contributed by atoms with Crippen molar-refractivity contribution in [2.45, 2.75) is 26.2 Å². The van der Waals surface area contributed by atoms with Crippen LogP contribution in [0, 0.1) is 12.8 Å². The monoisotopic (exact) mass is 388 g/mol. The second-order valence-corrected chi connectivity index (χ2v) is 7.64. The first-order valence-corrected chi connectivity index (χ1v) is 10.3. The van der Waals surface area contributed by atoms with Crippen molar-refractivity contribution in [3.63, 3.8) is 0 Å². The topological polar surface area (TPSA) is 50.3 Å². The molecule has 0 radical (unpaired) electrons. The molecule has 1 aliphatic rings. The SMILES string of the molecule is COc1ccccc1Nc1cc(C)nc(N2CCC(Cc3ccccc3)CC2)n1. The van der Waals surface area contributed by atoms with Crippen LogP contribution in [0.5, 0.6) is 5.75 Å². The van der Waals surface area contributed by atoms with Gasteiger partial charge in [0.25, 0.3) is 0 Å². The molecule has 0 saturated carbocycles. The Hall–Kier alpha value is -3.08. The second kappa shape index (κ2) is 8.95. The molecule has 3 aromatic rings. The average molecular weight is 389 g/mol. The summed E-state index contributed by atoms with van der Waals surface area (Å²) in [6, 6.07) is 20.6. The van der Waals surface area contributed by atoms with Gasteiger partial charge in [0.05, 0.1) is 12.8 Å². The van der Waals surface area contributed by atoms with E-state index in [4.69, 9.17) is 14.7 Å². The highest BCUT2D eigenvalue weighted by atomic mass is 16.5. The molecule has 1 aromatic heterocycles. The van der Waals surface area contributed by atoms with E-state index in [0.717, 1.165) is 54.3 Å². The zero-order valence-corrected chi connectivity index (χ0v) is 17.1. The number of aryl methyl sites for hydroxylation is 1. The van der Waals surface area contributed by atoms with Crippen LogP contribution in [0.3, 0.4) is 0 Å². The fraction of sp³-hybridized carbons (Fsp3) is 0.333. The number of methoxy groups -OCH3 is 1. The Labute approximate surface area is 172 Å². The molecule has 29 heavy (non-hydrogen) atoms. The summed E-state index contributed by atoms with van der Waals surface area (Å²) in [5, 5.41) is 3.38. The highest BCUT2D eigenvalue weighted by Gasteiger charge is 2.22. The Morgan fingerprint density at radius 3 is 2.48 bits per heavy atom. The molecule has 1 aliphatic heterocycles. The van der Waals surface area contributed by atoms with Gasteiger partial charge in [-0.3, -0.25) is 0 Å². The number of hydrogen-bond acceptors (Lipinski definition) is 5. The minimum atomic E-state index is 0.727. The van der Waals surface area contributed by atoms with Crippen molar-refractivity contribution in [1.29, 1.82) is 0 Å². The van der Waals surface area contributed by atoms with Gasteiger partial charge in [-0.25, -0.2) is 4.98 Å². The van der Waals surface area contributed by atoms with Crippen LogP contribution in [0.1, 0.15) is 24.1 Å². The van der Waals surface area contributed by atoms with Crippen LogP contribution in [0.25, 0.3) is 0 Å². The molecule has 1 saturated heterocycles. The molecule has 0 amide bonds. The molecule has 5 heteroatoms. The molecule has 5 nitrogen and oxygen atoms in total. The fourth-order valence-electron chi connectivity index (χ4n) is 3.93. The third-order valence-electron chi connectivity index (χ3n) is 5.48. The van der Waals surface area contributed by atoms with Gasteiger partial charge >= 0.3 is 0 Å². The Morgan fingerprint density at radius 2 is 1.72 bits per heavy atom. The summed E-state index contributed by atoms with van der Waals surface area (Å²) < 4.78 is 5.44. The first kappa shape index (κ1) is 19.2. The summed E-state index contributed by atoms with van der Waals surface area (Å²) >= 11 is 0. The lowest BCUT2D eigenvalue weighted by Gasteiger charge is -2.32. The zero-order valence-electron chi connectivity index (χ0n) is 17.1. The van der Waals surface area contributed by atoms with Crippen molar-refractivity contribution in [1.82, 2.24) is 9.97 Å². The first-order valence-electron chi connectivity index (χ1n) is 10.3. The van der Waals surface area contributed by atoms with Crippen LogP contribution in [-0.2, 0) is 6.42 Å². The van der Waals surface area contributed by atoms with Crippen LogP contribution in [0.4, 0.5) is 17.5 Å². The number of aromatic nitrogens is 2. The van der Waals surface area contributed by atoms with E-state index in [-0.39, 0.29) is 0 Å². The van der Waals surface area contributed by atoms with Crippen molar-refractivity contribution in [3.8, 4) is 5.75 Å². The van der Waals surface area contributed by atoms with Crippen LogP contribution in [0.15, 0.2) is 60.7 Å². The maximum atomic E-state index is 5.44. The van der Waals surface area contributed by atoms with E-state index >= 15 is 0 Å². The quantitative estimate of drug-likeness (QED) is 0.644. The van der Waals surface area contributed by atoms with E-state index in [1.807, 2.05) is 37.3 Å². The minimum Gasteiger partial charge on any atom is -0.495 e. The number of anilines is 3. The number of ether oxygens (including phenoxy) is 1. The van der Waals surface area contributed by atoms with E-state index in [9.17, 15) is 0 Å². The molecule has 4 rings (SSSR count). The maximum Gasteiger partial charge on any atom is 0.227 e. The Morgan fingerprint density at radius 1 is 1.00 bits per heavy atom. The molecular formula is C24H28N4O. The highest BCUT2D eigenvalue weighted by Crippen LogP contribution is 2.28. The maximum absolute atomic E-state index is 5.44. The van der Waals surface area contributed by atoms with Crippen molar-refractivity contribution in [2.75, 3.05) is 30.4 Å². The van der Waals surface area contributed by atoms with E-state index < -0.39 is 0 Å². The third-order valence-corrected chi connectivity index (χ3v) is 5.48. The van der Waals surface area contributed by atoms with Gasteiger partial charge in [0, 0.05) is 24.8 Å². The number of rotatable bonds is 6.